The molecule has 4 rings (SSSR count). The van der Waals surface area contributed by atoms with Crippen molar-refractivity contribution in [1.29, 1.82) is 0 Å². The molecule has 1 aliphatic heterocycles. The van der Waals surface area contributed by atoms with Crippen LogP contribution in [0.1, 0.15) is 19.8 Å². The van der Waals surface area contributed by atoms with Crippen LogP contribution in [0.2, 0.25) is 5.02 Å². The third kappa shape index (κ3) is 4.82. The van der Waals surface area contributed by atoms with Gasteiger partial charge in [-0.15, -0.1) is 0 Å². The number of piperidine rings is 1. The summed E-state index contributed by atoms with van der Waals surface area (Å²) >= 11 is 6.03. The number of hydrogen-bond donors (Lipinski definition) is 1. The molecule has 34 heavy (non-hydrogen) atoms. The van der Waals surface area contributed by atoms with Crippen LogP contribution in [0.5, 0.6) is 5.75 Å². The van der Waals surface area contributed by atoms with E-state index in [0.717, 1.165) is 17.4 Å². The monoisotopic (exact) mass is 503 g/mol. The summed E-state index contributed by atoms with van der Waals surface area (Å²) in [4.78, 5) is 26.0. The highest BCUT2D eigenvalue weighted by atomic mass is 35.5. The molecule has 0 unspecified atom stereocenters. The standard InChI is InChI=1S/C24H26ClN3O5S/c1-16-9-11-28(12-10-16)34(31,32)22-14-27(24(30)19-6-4-3-5-18(19)22)15-23(29)26-20-13-17(25)7-8-21(20)33-2/h3-8,13-14,16H,9-12,15H2,1-2H3,(H,26,29). The summed E-state index contributed by atoms with van der Waals surface area (Å²) in [6.45, 7) is 2.57. The fourth-order valence-corrected chi connectivity index (χ4v) is 5.98. The predicted molar refractivity (Wildman–Crippen MR) is 132 cm³/mol. The summed E-state index contributed by atoms with van der Waals surface area (Å²) in [5, 5.41) is 3.67. The van der Waals surface area contributed by atoms with E-state index < -0.39 is 21.5 Å². The smallest absolute Gasteiger partial charge is 0.258 e. The molecule has 1 aromatic heterocycles. The van der Waals surface area contributed by atoms with Crippen molar-refractivity contribution in [2.24, 2.45) is 5.92 Å². The Morgan fingerprint density at radius 3 is 2.50 bits per heavy atom. The number of hydrogen-bond acceptors (Lipinski definition) is 5. The number of carbonyl (C=O) groups excluding carboxylic acids is 1. The number of fused-ring (bicyclic) bond motifs is 1. The second-order valence-corrected chi connectivity index (χ2v) is 10.8. The van der Waals surface area contributed by atoms with Gasteiger partial charge in [-0.05, 0) is 43.0 Å². The Labute approximate surface area is 203 Å². The van der Waals surface area contributed by atoms with Crippen molar-refractivity contribution in [2.75, 3.05) is 25.5 Å². The lowest BCUT2D eigenvalue weighted by atomic mass is 10.0. The molecule has 8 nitrogen and oxygen atoms in total. The molecule has 2 aromatic carbocycles. The lowest BCUT2D eigenvalue weighted by molar-refractivity contribution is -0.116. The number of aromatic nitrogens is 1. The largest absolute Gasteiger partial charge is 0.495 e. The highest BCUT2D eigenvalue weighted by Crippen LogP contribution is 2.29. The number of nitrogens with one attached hydrogen (secondary N) is 1. The summed E-state index contributed by atoms with van der Waals surface area (Å²) in [6, 6.07) is 11.3. The Hall–Kier alpha value is -2.88. The first-order valence-corrected chi connectivity index (χ1v) is 12.8. The van der Waals surface area contributed by atoms with E-state index in [4.69, 9.17) is 16.3 Å². The van der Waals surface area contributed by atoms with E-state index in [0.29, 0.717) is 40.9 Å². The SMILES string of the molecule is COc1ccc(Cl)cc1NC(=O)Cn1cc(S(=O)(=O)N2CCC(C)CC2)c2ccccc2c1=O. The van der Waals surface area contributed by atoms with Gasteiger partial charge < -0.3 is 14.6 Å². The lowest BCUT2D eigenvalue weighted by Crippen LogP contribution is -2.38. The Morgan fingerprint density at radius 1 is 1.15 bits per heavy atom. The van der Waals surface area contributed by atoms with Crippen molar-refractivity contribution < 1.29 is 17.9 Å². The number of sulfonamides is 1. The van der Waals surface area contributed by atoms with E-state index in [2.05, 4.69) is 12.2 Å². The normalized spacial score (nSPS) is 15.4. The molecular formula is C24H26ClN3O5S. The van der Waals surface area contributed by atoms with Crippen LogP contribution in [0.15, 0.2) is 58.4 Å². The van der Waals surface area contributed by atoms with Crippen LogP contribution in [0.25, 0.3) is 10.8 Å². The van der Waals surface area contributed by atoms with Crippen molar-refractivity contribution in [1.82, 2.24) is 8.87 Å². The molecule has 3 aromatic rings. The first kappa shape index (κ1) is 24.3. The van der Waals surface area contributed by atoms with Crippen LogP contribution >= 0.6 is 11.6 Å². The zero-order chi connectivity index (χ0) is 24.5. The van der Waals surface area contributed by atoms with E-state index in [9.17, 15) is 18.0 Å². The average Bonchev–Trinajstić information content (AvgIpc) is 2.81. The first-order valence-electron chi connectivity index (χ1n) is 11.0. The molecule has 0 bridgehead atoms. The summed E-state index contributed by atoms with van der Waals surface area (Å²) < 4.78 is 34.9. The fraction of sp³-hybridized carbons (Fsp3) is 0.333. The van der Waals surface area contributed by atoms with Gasteiger partial charge in [0.25, 0.3) is 5.56 Å². The number of amides is 1. The second-order valence-electron chi connectivity index (χ2n) is 8.45. The molecule has 180 valence electrons. The zero-order valence-corrected chi connectivity index (χ0v) is 20.5. The van der Waals surface area contributed by atoms with Crippen molar-refractivity contribution in [2.45, 2.75) is 31.2 Å². The van der Waals surface area contributed by atoms with Crippen LogP contribution < -0.4 is 15.6 Å². The van der Waals surface area contributed by atoms with Crippen molar-refractivity contribution >= 4 is 44.0 Å². The average molecular weight is 504 g/mol. The molecule has 2 heterocycles. The predicted octanol–water partition coefficient (Wildman–Crippen LogP) is 3.72. The van der Waals surface area contributed by atoms with E-state index >= 15 is 0 Å². The zero-order valence-electron chi connectivity index (χ0n) is 19.0. The quantitative estimate of drug-likeness (QED) is 0.553. The van der Waals surface area contributed by atoms with Gasteiger partial charge in [0.15, 0.2) is 0 Å². The number of carbonyl (C=O) groups is 1. The van der Waals surface area contributed by atoms with E-state index in [1.165, 1.54) is 23.7 Å². The first-order chi connectivity index (χ1) is 16.2. The van der Waals surface area contributed by atoms with Gasteiger partial charge in [-0.1, -0.05) is 36.7 Å². The number of pyridine rings is 1. The van der Waals surface area contributed by atoms with Crippen molar-refractivity contribution in [3.63, 3.8) is 0 Å². The minimum Gasteiger partial charge on any atom is -0.495 e. The third-order valence-electron chi connectivity index (χ3n) is 6.07. The Kier molecular flexibility index (Phi) is 6.97. The number of anilines is 1. The fourth-order valence-electron chi connectivity index (χ4n) is 4.12. The van der Waals surface area contributed by atoms with Gasteiger partial charge in [0.1, 0.15) is 17.2 Å². The van der Waals surface area contributed by atoms with Crippen LogP contribution in [0, 0.1) is 5.92 Å². The highest BCUT2D eigenvalue weighted by Gasteiger charge is 2.30. The molecule has 0 spiro atoms. The molecule has 1 saturated heterocycles. The van der Waals surface area contributed by atoms with Gasteiger partial charge in [-0.3, -0.25) is 9.59 Å². The van der Waals surface area contributed by atoms with Crippen LogP contribution in [-0.2, 0) is 21.4 Å². The van der Waals surface area contributed by atoms with Gasteiger partial charge >= 0.3 is 0 Å². The van der Waals surface area contributed by atoms with E-state index in [1.54, 1.807) is 36.4 Å². The maximum absolute atomic E-state index is 13.5. The van der Waals surface area contributed by atoms with Gasteiger partial charge in [0, 0.05) is 35.1 Å². The summed E-state index contributed by atoms with van der Waals surface area (Å²) in [5.74, 6) is 0.351. The number of benzene rings is 2. The molecule has 1 fully saturated rings. The molecule has 0 atom stereocenters. The molecule has 1 aliphatic rings. The number of nitrogens with zero attached hydrogens (tertiary/aromatic N) is 2. The lowest BCUT2D eigenvalue weighted by Gasteiger charge is -2.30. The van der Waals surface area contributed by atoms with Gasteiger partial charge in [0.2, 0.25) is 15.9 Å². The Morgan fingerprint density at radius 2 is 1.82 bits per heavy atom. The third-order valence-corrected chi connectivity index (χ3v) is 8.23. The second kappa shape index (κ2) is 9.77. The molecule has 1 amide bonds. The highest BCUT2D eigenvalue weighted by molar-refractivity contribution is 7.89. The Balaban J connectivity index is 1.72. The van der Waals surface area contributed by atoms with Crippen LogP contribution in [0.3, 0.4) is 0 Å². The summed E-state index contributed by atoms with van der Waals surface area (Å²) in [6.07, 6.45) is 2.83. The summed E-state index contributed by atoms with van der Waals surface area (Å²) in [5.41, 5.74) is -0.0980. The van der Waals surface area contributed by atoms with Gasteiger partial charge in [0.05, 0.1) is 12.8 Å². The Bertz CT molecular complexity index is 1400. The van der Waals surface area contributed by atoms with Crippen LogP contribution in [-0.4, -0.2) is 43.4 Å². The van der Waals surface area contributed by atoms with Gasteiger partial charge in [-0.25, -0.2) is 8.42 Å². The van der Waals surface area contributed by atoms with Gasteiger partial charge in [-0.2, -0.15) is 4.31 Å². The molecule has 0 radical (unpaired) electrons. The van der Waals surface area contributed by atoms with E-state index in [1.807, 2.05) is 0 Å². The minimum absolute atomic E-state index is 0.0189. The molecule has 0 saturated carbocycles. The number of methoxy groups -OCH3 is 1. The topological polar surface area (TPSA) is 97.7 Å². The van der Waals surface area contributed by atoms with Crippen molar-refractivity contribution in [3.05, 3.63) is 64.0 Å². The number of halogens is 1. The van der Waals surface area contributed by atoms with E-state index in [-0.39, 0.29) is 16.8 Å². The molecule has 10 heteroatoms. The molecule has 0 aliphatic carbocycles. The maximum Gasteiger partial charge on any atom is 0.258 e. The molecule has 1 N–H and O–H groups in total. The maximum atomic E-state index is 13.5. The number of rotatable bonds is 6. The minimum atomic E-state index is -3.86. The van der Waals surface area contributed by atoms with Crippen molar-refractivity contribution in [3.8, 4) is 5.75 Å². The van der Waals surface area contributed by atoms with Crippen LogP contribution in [0.4, 0.5) is 5.69 Å². The summed E-state index contributed by atoms with van der Waals surface area (Å²) in [7, 11) is -2.39. The number of ether oxygens (including phenoxy) is 1. The molecular weight excluding hydrogens is 478 g/mol.